The number of para-hydroxylation sites is 1. The van der Waals surface area contributed by atoms with Gasteiger partial charge < -0.3 is 20.3 Å². The molecule has 0 aliphatic carbocycles. The number of rotatable bonds is 6. The summed E-state index contributed by atoms with van der Waals surface area (Å²) < 4.78 is 4.96. The molecule has 1 aromatic carbocycles. The first-order chi connectivity index (χ1) is 9.93. The van der Waals surface area contributed by atoms with Crippen LogP contribution in [0.2, 0.25) is 0 Å². The minimum atomic E-state index is -0.315. The number of urea groups is 1. The van der Waals surface area contributed by atoms with Crippen molar-refractivity contribution in [3.8, 4) is 0 Å². The largest absolute Gasteiger partial charge is 0.383 e. The van der Waals surface area contributed by atoms with Gasteiger partial charge in [-0.2, -0.15) is 0 Å². The second-order valence-corrected chi connectivity index (χ2v) is 5.08. The molecule has 1 unspecified atom stereocenters. The van der Waals surface area contributed by atoms with Crippen molar-refractivity contribution in [2.75, 3.05) is 33.1 Å². The van der Waals surface area contributed by atoms with E-state index in [1.807, 2.05) is 25.1 Å². The van der Waals surface area contributed by atoms with E-state index in [9.17, 15) is 9.59 Å². The van der Waals surface area contributed by atoms with Gasteiger partial charge in [0, 0.05) is 26.9 Å². The molecule has 0 aliphatic rings. The first kappa shape index (κ1) is 17.0. The maximum atomic E-state index is 11.9. The van der Waals surface area contributed by atoms with E-state index in [2.05, 4.69) is 10.6 Å². The third-order valence-corrected chi connectivity index (χ3v) is 2.90. The van der Waals surface area contributed by atoms with Crippen molar-refractivity contribution < 1.29 is 14.3 Å². The molecule has 0 saturated carbocycles. The smallest absolute Gasteiger partial charge is 0.319 e. The zero-order valence-electron chi connectivity index (χ0n) is 13.0. The minimum absolute atomic E-state index is 0.0163. The maximum Gasteiger partial charge on any atom is 0.319 e. The highest BCUT2D eigenvalue weighted by molar-refractivity contribution is 5.91. The number of nitrogens with one attached hydrogen (secondary N) is 2. The normalized spacial score (nSPS) is 11.6. The highest BCUT2D eigenvalue weighted by atomic mass is 16.5. The Labute approximate surface area is 125 Å². The number of anilines is 1. The summed E-state index contributed by atoms with van der Waals surface area (Å²) in [7, 11) is 4.99. The van der Waals surface area contributed by atoms with Crippen molar-refractivity contribution in [1.29, 1.82) is 0 Å². The van der Waals surface area contributed by atoms with E-state index < -0.39 is 0 Å². The zero-order chi connectivity index (χ0) is 15.8. The molecule has 0 heterocycles. The number of amides is 3. The van der Waals surface area contributed by atoms with Gasteiger partial charge in [0.05, 0.1) is 19.1 Å². The predicted octanol–water partition coefficient (Wildman–Crippen LogP) is 1.47. The molecule has 1 aromatic rings. The molecule has 0 fully saturated rings. The Bertz CT molecular complexity index is 489. The van der Waals surface area contributed by atoms with Gasteiger partial charge in [-0.15, -0.1) is 0 Å². The molecule has 21 heavy (non-hydrogen) atoms. The molecule has 6 heteroatoms. The number of ether oxygens (including phenoxy) is 1. The summed E-state index contributed by atoms with van der Waals surface area (Å²) in [5, 5.41) is 5.53. The summed E-state index contributed by atoms with van der Waals surface area (Å²) in [6.45, 7) is 2.29. The van der Waals surface area contributed by atoms with Crippen LogP contribution in [-0.4, -0.2) is 50.7 Å². The molecule has 0 bridgehead atoms. The van der Waals surface area contributed by atoms with Crippen LogP contribution in [0.4, 0.5) is 10.5 Å². The first-order valence-corrected chi connectivity index (χ1v) is 6.78. The fourth-order valence-electron chi connectivity index (χ4n) is 1.79. The van der Waals surface area contributed by atoms with Gasteiger partial charge in [0.2, 0.25) is 5.91 Å². The van der Waals surface area contributed by atoms with E-state index in [0.29, 0.717) is 12.3 Å². The molecule has 3 amide bonds. The van der Waals surface area contributed by atoms with Gasteiger partial charge in [0.25, 0.3) is 0 Å². The summed E-state index contributed by atoms with van der Waals surface area (Å²) in [5.74, 6) is -0.0163. The Kier molecular flexibility index (Phi) is 6.68. The van der Waals surface area contributed by atoms with Gasteiger partial charge >= 0.3 is 6.03 Å². The van der Waals surface area contributed by atoms with Crippen molar-refractivity contribution in [3.05, 3.63) is 29.8 Å². The minimum Gasteiger partial charge on any atom is -0.383 e. The molecule has 6 nitrogen and oxygen atoms in total. The van der Waals surface area contributed by atoms with Crippen LogP contribution in [-0.2, 0) is 16.0 Å². The first-order valence-electron chi connectivity index (χ1n) is 6.78. The number of nitrogens with zero attached hydrogens (tertiary/aromatic N) is 1. The Morgan fingerprint density at radius 1 is 1.29 bits per heavy atom. The second kappa shape index (κ2) is 8.26. The zero-order valence-corrected chi connectivity index (χ0v) is 13.0. The number of methoxy groups -OCH3 is 1. The summed E-state index contributed by atoms with van der Waals surface area (Å²) in [6.07, 6.45) is 0.247. The topological polar surface area (TPSA) is 70.7 Å². The molecule has 2 N–H and O–H groups in total. The van der Waals surface area contributed by atoms with Crippen LogP contribution in [0.25, 0.3) is 0 Å². The highest BCUT2D eigenvalue weighted by Gasteiger charge is 2.12. The van der Waals surface area contributed by atoms with Gasteiger partial charge in [0.1, 0.15) is 0 Å². The quantitative estimate of drug-likeness (QED) is 0.834. The molecule has 1 atom stereocenters. The SMILES string of the molecule is COCC(C)NC(=O)Nc1ccccc1CC(=O)N(C)C. The van der Waals surface area contributed by atoms with E-state index in [1.165, 1.54) is 4.90 Å². The molecule has 0 aromatic heterocycles. The average molecular weight is 293 g/mol. The average Bonchev–Trinajstić information content (AvgIpc) is 2.40. The van der Waals surface area contributed by atoms with Crippen LogP contribution in [0, 0.1) is 0 Å². The van der Waals surface area contributed by atoms with Crippen LogP contribution >= 0.6 is 0 Å². The van der Waals surface area contributed by atoms with Crippen molar-refractivity contribution in [2.45, 2.75) is 19.4 Å². The van der Waals surface area contributed by atoms with Crippen LogP contribution in [0.1, 0.15) is 12.5 Å². The summed E-state index contributed by atoms with van der Waals surface area (Å²) >= 11 is 0. The van der Waals surface area contributed by atoms with Gasteiger partial charge in [-0.1, -0.05) is 18.2 Å². The van der Waals surface area contributed by atoms with Crippen molar-refractivity contribution in [3.63, 3.8) is 0 Å². The Balaban J connectivity index is 2.70. The molecule has 0 radical (unpaired) electrons. The molecule has 0 saturated heterocycles. The van der Waals surface area contributed by atoms with Crippen LogP contribution in [0.3, 0.4) is 0 Å². The maximum absolute atomic E-state index is 11.9. The van der Waals surface area contributed by atoms with Gasteiger partial charge in [-0.3, -0.25) is 4.79 Å². The summed E-state index contributed by atoms with van der Waals surface area (Å²) in [6, 6.07) is 6.86. The monoisotopic (exact) mass is 293 g/mol. The lowest BCUT2D eigenvalue weighted by atomic mass is 10.1. The molecular weight excluding hydrogens is 270 g/mol. The third kappa shape index (κ3) is 5.83. The predicted molar refractivity (Wildman–Crippen MR) is 82.3 cm³/mol. The third-order valence-electron chi connectivity index (χ3n) is 2.90. The highest BCUT2D eigenvalue weighted by Crippen LogP contribution is 2.16. The number of likely N-dealkylation sites (N-methyl/N-ethyl adjacent to an activating group) is 1. The van der Waals surface area contributed by atoms with Crippen molar-refractivity contribution in [1.82, 2.24) is 10.2 Å². The van der Waals surface area contributed by atoms with Crippen LogP contribution in [0.15, 0.2) is 24.3 Å². The Morgan fingerprint density at radius 2 is 1.95 bits per heavy atom. The van der Waals surface area contributed by atoms with E-state index in [4.69, 9.17) is 4.74 Å². The van der Waals surface area contributed by atoms with E-state index in [1.54, 1.807) is 27.3 Å². The molecule has 0 spiro atoms. The molecule has 0 aliphatic heterocycles. The lowest BCUT2D eigenvalue weighted by Gasteiger charge is -2.16. The summed E-state index contributed by atoms with van der Waals surface area (Å²) in [5.41, 5.74) is 1.42. The van der Waals surface area contributed by atoms with Gasteiger partial charge in [-0.05, 0) is 18.6 Å². The summed E-state index contributed by atoms with van der Waals surface area (Å²) in [4.78, 5) is 25.2. The number of hydrogen-bond acceptors (Lipinski definition) is 3. The fourth-order valence-corrected chi connectivity index (χ4v) is 1.79. The van der Waals surface area contributed by atoms with Crippen LogP contribution < -0.4 is 10.6 Å². The van der Waals surface area contributed by atoms with Crippen molar-refractivity contribution >= 4 is 17.6 Å². The Morgan fingerprint density at radius 3 is 2.57 bits per heavy atom. The fraction of sp³-hybridized carbons (Fsp3) is 0.467. The molecule has 116 valence electrons. The number of benzene rings is 1. The Hall–Kier alpha value is -2.08. The number of hydrogen-bond donors (Lipinski definition) is 2. The second-order valence-electron chi connectivity index (χ2n) is 5.08. The van der Waals surface area contributed by atoms with Gasteiger partial charge in [-0.25, -0.2) is 4.79 Å². The lowest BCUT2D eigenvalue weighted by molar-refractivity contribution is -0.127. The van der Waals surface area contributed by atoms with Crippen molar-refractivity contribution in [2.24, 2.45) is 0 Å². The number of carbonyl (C=O) groups is 2. The molecule has 1 rings (SSSR count). The van der Waals surface area contributed by atoms with E-state index >= 15 is 0 Å². The van der Waals surface area contributed by atoms with E-state index in [0.717, 1.165) is 5.56 Å². The standard InChI is InChI=1S/C15H23N3O3/c1-11(10-21-4)16-15(20)17-13-8-6-5-7-12(13)9-14(19)18(2)3/h5-8,11H,9-10H2,1-4H3,(H2,16,17,20). The lowest BCUT2D eigenvalue weighted by Crippen LogP contribution is -2.38. The van der Waals surface area contributed by atoms with E-state index in [-0.39, 0.29) is 24.4 Å². The van der Waals surface area contributed by atoms with Crippen LogP contribution in [0.5, 0.6) is 0 Å². The van der Waals surface area contributed by atoms with Gasteiger partial charge in [0.15, 0.2) is 0 Å². The number of carbonyl (C=O) groups excluding carboxylic acids is 2. The molecular formula is C15H23N3O3.